The smallest absolute Gasteiger partial charge is 0.186 e. The SMILES string of the molecule is C[C@@H]1CCC[C@H]1C1=CC(=O)c2ccccc21. The van der Waals surface area contributed by atoms with E-state index >= 15 is 0 Å². The standard InChI is InChI=1S/C15H16O/c1-10-5-4-8-11(10)14-9-15(16)13-7-3-2-6-12(13)14/h2-3,6-7,9-11H,4-5,8H2,1H3/t10-,11-/m1/s1. The summed E-state index contributed by atoms with van der Waals surface area (Å²) in [5, 5.41) is 0. The van der Waals surface area contributed by atoms with Gasteiger partial charge in [-0.3, -0.25) is 4.79 Å². The van der Waals surface area contributed by atoms with E-state index in [1.165, 1.54) is 30.4 Å². The molecule has 2 atom stereocenters. The van der Waals surface area contributed by atoms with Crippen molar-refractivity contribution in [3.8, 4) is 0 Å². The molecule has 1 heteroatoms. The number of fused-ring (bicyclic) bond motifs is 1. The number of carbonyl (C=O) groups is 1. The molecule has 0 saturated heterocycles. The lowest BCUT2D eigenvalue weighted by Gasteiger charge is -2.17. The van der Waals surface area contributed by atoms with E-state index < -0.39 is 0 Å². The average molecular weight is 212 g/mol. The summed E-state index contributed by atoms with van der Waals surface area (Å²) in [6, 6.07) is 8.02. The molecule has 0 unspecified atom stereocenters. The van der Waals surface area contributed by atoms with E-state index in [0.717, 1.165) is 11.5 Å². The van der Waals surface area contributed by atoms with Crippen LogP contribution in [0.15, 0.2) is 30.3 Å². The van der Waals surface area contributed by atoms with Gasteiger partial charge in [0.2, 0.25) is 0 Å². The summed E-state index contributed by atoms with van der Waals surface area (Å²) >= 11 is 0. The third-order valence-electron chi connectivity index (χ3n) is 4.05. The maximum atomic E-state index is 11.9. The molecule has 2 aliphatic carbocycles. The molecule has 0 N–H and O–H groups in total. The molecule has 1 saturated carbocycles. The van der Waals surface area contributed by atoms with Crippen molar-refractivity contribution in [2.45, 2.75) is 26.2 Å². The van der Waals surface area contributed by atoms with Crippen LogP contribution >= 0.6 is 0 Å². The first-order chi connectivity index (χ1) is 7.77. The highest BCUT2D eigenvalue weighted by Crippen LogP contribution is 2.43. The van der Waals surface area contributed by atoms with Gasteiger partial charge >= 0.3 is 0 Å². The van der Waals surface area contributed by atoms with Gasteiger partial charge in [-0.05, 0) is 35.5 Å². The van der Waals surface area contributed by atoms with Crippen LogP contribution in [0.2, 0.25) is 0 Å². The maximum Gasteiger partial charge on any atom is 0.186 e. The normalized spacial score (nSPS) is 28.1. The summed E-state index contributed by atoms with van der Waals surface area (Å²) in [4.78, 5) is 11.9. The van der Waals surface area contributed by atoms with Crippen molar-refractivity contribution in [2.75, 3.05) is 0 Å². The molecule has 1 fully saturated rings. The van der Waals surface area contributed by atoms with Crippen molar-refractivity contribution < 1.29 is 4.79 Å². The molecular weight excluding hydrogens is 196 g/mol. The Morgan fingerprint density at radius 1 is 1.12 bits per heavy atom. The minimum atomic E-state index is 0.199. The van der Waals surface area contributed by atoms with Crippen molar-refractivity contribution in [2.24, 2.45) is 11.8 Å². The molecule has 0 aliphatic heterocycles. The topological polar surface area (TPSA) is 17.1 Å². The van der Waals surface area contributed by atoms with Gasteiger partial charge in [0, 0.05) is 5.56 Å². The minimum Gasteiger partial charge on any atom is -0.289 e. The highest BCUT2D eigenvalue weighted by Gasteiger charge is 2.32. The second kappa shape index (κ2) is 3.58. The third kappa shape index (κ3) is 1.35. The highest BCUT2D eigenvalue weighted by atomic mass is 16.1. The van der Waals surface area contributed by atoms with Gasteiger partial charge < -0.3 is 0 Å². The van der Waals surface area contributed by atoms with Gasteiger partial charge in [0.05, 0.1) is 0 Å². The zero-order valence-corrected chi connectivity index (χ0v) is 9.57. The molecule has 2 aliphatic rings. The monoisotopic (exact) mass is 212 g/mol. The molecule has 3 rings (SSSR count). The van der Waals surface area contributed by atoms with E-state index in [-0.39, 0.29) is 5.78 Å². The van der Waals surface area contributed by atoms with E-state index in [9.17, 15) is 4.79 Å². The van der Waals surface area contributed by atoms with Gasteiger partial charge in [0.25, 0.3) is 0 Å². The Labute approximate surface area is 96.2 Å². The van der Waals surface area contributed by atoms with Gasteiger partial charge in [-0.15, -0.1) is 0 Å². The molecule has 0 heterocycles. The molecule has 0 aromatic heterocycles. The van der Waals surface area contributed by atoms with E-state index in [4.69, 9.17) is 0 Å². The van der Waals surface area contributed by atoms with E-state index in [2.05, 4.69) is 13.0 Å². The number of hydrogen-bond acceptors (Lipinski definition) is 1. The number of carbonyl (C=O) groups excluding carboxylic acids is 1. The van der Waals surface area contributed by atoms with Crippen LogP contribution in [-0.2, 0) is 0 Å². The fraction of sp³-hybridized carbons (Fsp3) is 0.400. The first-order valence-corrected chi connectivity index (χ1v) is 6.12. The van der Waals surface area contributed by atoms with Crippen LogP contribution in [0.3, 0.4) is 0 Å². The van der Waals surface area contributed by atoms with E-state index in [1.807, 2.05) is 24.3 Å². The molecule has 1 nitrogen and oxygen atoms in total. The number of allylic oxidation sites excluding steroid dienone is 2. The molecule has 0 spiro atoms. The summed E-state index contributed by atoms with van der Waals surface area (Å²) in [6.07, 6.45) is 5.73. The van der Waals surface area contributed by atoms with Crippen LogP contribution in [0, 0.1) is 11.8 Å². The fourth-order valence-corrected chi connectivity index (χ4v) is 3.16. The molecular formula is C15H16O. The van der Waals surface area contributed by atoms with Crippen LogP contribution in [0.5, 0.6) is 0 Å². The summed E-state index contributed by atoms with van der Waals surface area (Å²) in [5.41, 5.74) is 3.38. The number of rotatable bonds is 1. The lowest BCUT2D eigenvalue weighted by atomic mass is 9.87. The predicted octanol–water partition coefficient (Wildman–Crippen LogP) is 3.70. The lowest BCUT2D eigenvalue weighted by molar-refractivity contribution is 0.105. The van der Waals surface area contributed by atoms with Crippen LogP contribution in [0.1, 0.15) is 42.1 Å². The Kier molecular flexibility index (Phi) is 2.20. The Hall–Kier alpha value is -1.37. The van der Waals surface area contributed by atoms with Crippen molar-refractivity contribution in [3.05, 3.63) is 41.5 Å². The summed E-state index contributed by atoms with van der Waals surface area (Å²) in [7, 11) is 0. The predicted molar refractivity (Wildman–Crippen MR) is 65.3 cm³/mol. The second-order valence-corrected chi connectivity index (χ2v) is 5.02. The molecule has 1 aromatic rings. The Morgan fingerprint density at radius 3 is 2.56 bits per heavy atom. The zero-order valence-electron chi connectivity index (χ0n) is 9.57. The second-order valence-electron chi connectivity index (χ2n) is 5.02. The molecule has 16 heavy (non-hydrogen) atoms. The van der Waals surface area contributed by atoms with Crippen LogP contribution in [0.25, 0.3) is 5.57 Å². The van der Waals surface area contributed by atoms with Crippen molar-refractivity contribution >= 4 is 11.4 Å². The van der Waals surface area contributed by atoms with Gasteiger partial charge in [-0.2, -0.15) is 0 Å². The van der Waals surface area contributed by atoms with E-state index in [1.54, 1.807) is 0 Å². The summed E-state index contributed by atoms with van der Waals surface area (Å²) in [5.74, 6) is 1.53. The average Bonchev–Trinajstić information content (AvgIpc) is 2.84. The van der Waals surface area contributed by atoms with Gasteiger partial charge in [0.15, 0.2) is 5.78 Å². The Bertz CT molecular complexity index is 470. The highest BCUT2D eigenvalue weighted by molar-refractivity contribution is 6.16. The lowest BCUT2D eigenvalue weighted by Crippen LogP contribution is -2.05. The van der Waals surface area contributed by atoms with Crippen molar-refractivity contribution in [1.82, 2.24) is 0 Å². The van der Waals surface area contributed by atoms with E-state index in [0.29, 0.717) is 5.92 Å². The van der Waals surface area contributed by atoms with Crippen molar-refractivity contribution in [3.63, 3.8) is 0 Å². The quantitative estimate of drug-likeness (QED) is 0.693. The minimum absolute atomic E-state index is 0.199. The van der Waals surface area contributed by atoms with Crippen LogP contribution < -0.4 is 0 Å². The molecule has 0 amide bonds. The van der Waals surface area contributed by atoms with Crippen LogP contribution in [0.4, 0.5) is 0 Å². The first kappa shape index (κ1) is 9.83. The summed E-state index contributed by atoms with van der Waals surface area (Å²) in [6.45, 7) is 2.31. The summed E-state index contributed by atoms with van der Waals surface area (Å²) < 4.78 is 0. The van der Waals surface area contributed by atoms with Gasteiger partial charge in [-0.1, -0.05) is 44.0 Å². The first-order valence-electron chi connectivity index (χ1n) is 6.12. The van der Waals surface area contributed by atoms with Gasteiger partial charge in [0.1, 0.15) is 0 Å². The number of ketones is 1. The maximum absolute atomic E-state index is 11.9. The molecule has 0 radical (unpaired) electrons. The number of hydrogen-bond donors (Lipinski definition) is 0. The third-order valence-corrected chi connectivity index (χ3v) is 4.05. The molecule has 0 bridgehead atoms. The largest absolute Gasteiger partial charge is 0.289 e. The fourth-order valence-electron chi connectivity index (χ4n) is 3.16. The molecule has 82 valence electrons. The van der Waals surface area contributed by atoms with Crippen LogP contribution in [-0.4, -0.2) is 5.78 Å². The Morgan fingerprint density at radius 2 is 1.88 bits per heavy atom. The number of benzene rings is 1. The van der Waals surface area contributed by atoms with Gasteiger partial charge in [-0.25, -0.2) is 0 Å². The zero-order chi connectivity index (χ0) is 11.1. The molecule has 1 aromatic carbocycles. The Balaban J connectivity index is 2.04. The van der Waals surface area contributed by atoms with Crippen molar-refractivity contribution in [1.29, 1.82) is 0 Å².